The van der Waals surface area contributed by atoms with Gasteiger partial charge in [-0.1, -0.05) is 28.9 Å². The smallest absolute Gasteiger partial charge is 0.260 e. The minimum atomic E-state index is -0.373. The van der Waals surface area contributed by atoms with Crippen LogP contribution in [0.4, 0.5) is 5.82 Å². The van der Waals surface area contributed by atoms with Crippen LogP contribution in [-0.2, 0) is 4.79 Å². The number of benzene rings is 2. The lowest BCUT2D eigenvalue weighted by atomic mass is 9.79. The van der Waals surface area contributed by atoms with Crippen LogP contribution >= 0.6 is 11.6 Å². The van der Waals surface area contributed by atoms with Gasteiger partial charge in [0.2, 0.25) is 0 Å². The summed E-state index contributed by atoms with van der Waals surface area (Å²) in [5.74, 6) is 1.59. The van der Waals surface area contributed by atoms with Crippen LogP contribution in [0.1, 0.15) is 38.9 Å². The largest absolute Gasteiger partial charge is 0.457 e. The molecule has 0 saturated carbocycles. The summed E-state index contributed by atoms with van der Waals surface area (Å²) in [5.41, 5.74) is 3.88. The molecule has 10 heteroatoms. The number of Topliss-reactive ketones (excluding diaryl/α,β-unsaturated/α-hetero) is 1. The maximum Gasteiger partial charge on any atom is 0.260 e. The number of nitrogens with zero attached hydrogens (tertiary/aromatic N) is 3. The molecule has 0 spiro atoms. The molecule has 4 heterocycles. The van der Waals surface area contributed by atoms with Crippen molar-refractivity contribution in [1.82, 2.24) is 20.3 Å². The number of ketones is 1. The van der Waals surface area contributed by atoms with Crippen LogP contribution in [0.3, 0.4) is 0 Å². The van der Waals surface area contributed by atoms with Crippen LogP contribution in [0.25, 0.3) is 0 Å². The number of anilines is 1. The monoisotopic (exact) mass is 515 g/mol. The van der Waals surface area contributed by atoms with Gasteiger partial charge in [-0.15, -0.1) is 0 Å². The van der Waals surface area contributed by atoms with Crippen LogP contribution in [-0.4, -0.2) is 45.0 Å². The molecule has 1 atom stereocenters. The molecule has 1 amide bonds. The SMILES string of the molecule is Cc1noc(C)c1C(=O)N1CC(=O)C2=C(C1)Nc1[nH]ncc1C2c1cccc(Oc2ccc(Cl)cc2)c1. The molecule has 9 nitrogen and oxygen atoms in total. The summed E-state index contributed by atoms with van der Waals surface area (Å²) < 4.78 is 11.2. The molecular weight excluding hydrogens is 494 g/mol. The summed E-state index contributed by atoms with van der Waals surface area (Å²) >= 11 is 5.99. The molecule has 4 aromatic rings. The molecule has 186 valence electrons. The molecule has 0 saturated heterocycles. The molecule has 0 bridgehead atoms. The van der Waals surface area contributed by atoms with E-state index in [1.165, 1.54) is 4.90 Å². The van der Waals surface area contributed by atoms with E-state index < -0.39 is 0 Å². The Morgan fingerprint density at radius 1 is 1.14 bits per heavy atom. The van der Waals surface area contributed by atoms with Gasteiger partial charge >= 0.3 is 0 Å². The first-order chi connectivity index (χ1) is 17.9. The molecule has 37 heavy (non-hydrogen) atoms. The first kappa shape index (κ1) is 23.1. The molecule has 2 aliphatic heterocycles. The average Bonchev–Trinajstić information content (AvgIpc) is 3.49. The Morgan fingerprint density at radius 3 is 2.70 bits per heavy atom. The zero-order valence-corrected chi connectivity index (χ0v) is 20.8. The van der Waals surface area contributed by atoms with E-state index in [1.54, 1.807) is 44.3 Å². The first-order valence-corrected chi connectivity index (χ1v) is 12.1. The van der Waals surface area contributed by atoms with Crippen molar-refractivity contribution in [2.45, 2.75) is 19.8 Å². The van der Waals surface area contributed by atoms with E-state index in [0.717, 1.165) is 11.1 Å². The molecule has 2 aliphatic rings. The number of rotatable bonds is 4. The van der Waals surface area contributed by atoms with Crippen molar-refractivity contribution in [3.05, 3.63) is 99.2 Å². The molecule has 0 radical (unpaired) electrons. The van der Waals surface area contributed by atoms with Gasteiger partial charge in [0.1, 0.15) is 28.6 Å². The second-order valence-corrected chi connectivity index (χ2v) is 9.50. The molecule has 2 aromatic heterocycles. The van der Waals surface area contributed by atoms with Crippen molar-refractivity contribution in [3.63, 3.8) is 0 Å². The Labute approximate surface area is 217 Å². The highest BCUT2D eigenvalue weighted by atomic mass is 35.5. The highest BCUT2D eigenvalue weighted by Gasteiger charge is 2.40. The zero-order valence-electron chi connectivity index (χ0n) is 20.0. The maximum atomic E-state index is 13.6. The Kier molecular flexibility index (Phi) is 5.57. The van der Waals surface area contributed by atoms with Crippen LogP contribution in [0.5, 0.6) is 11.5 Å². The third kappa shape index (κ3) is 4.07. The Balaban J connectivity index is 1.36. The summed E-state index contributed by atoms with van der Waals surface area (Å²) in [7, 11) is 0. The zero-order chi connectivity index (χ0) is 25.7. The topological polar surface area (TPSA) is 113 Å². The van der Waals surface area contributed by atoms with Crippen LogP contribution in [0.15, 0.2) is 70.5 Å². The normalized spacial score (nSPS) is 16.8. The first-order valence-electron chi connectivity index (χ1n) is 11.7. The van der Waals surface area contributed by atoms with E-state index in [4.69, 9.17) is 20.9 Å². The van der Waals surface area contributed by atoms with E-state index in [-0.39, 0.29) is 30.7 Å². The minimum absolute atomic E-state index is 0.0476. The lowest BCUT2D eigenvalue weighted by molar-refractivity contribution is -0.117. The Hall–Kier alpha value is -4.37. The van der Waals surface area contributed by atoms with Crippen molar-refractivity contribution in [1.29, 1.82) is 0 Å². The van der Waals surface area contributed by atoms with Gasteiger partial charge in [0, 0.05) is 27.8 Å². The van der Waals surface area contributed by atoms with Gasteiger partial charge in [-0.2, -0.15) is 5.10 Å². The number of fused-ring (bicyclic) bond motifs is 1. The third-order valence-corrected chi connectivity index (χ3v) is 6.88. The number of ether oxygens (including phenoxy) is 1. The quantitative estimate of drug-likeness (QED) is 0.393. The predicted molar refractivity (Wildman–Crippen MR) is 136 cm³/mol. The number of amides is 1. The molecule has 6 rings (SSSR count). The second kappa shape index (κ2) is 8.94. The number of halogens is 1. The van der Waals surface area contributed by atoms with Crippen molar-refractivity contribution in [3.8, 4) is 11.5 Å². The van der Waals surface area contributed by atoms with E-state index in [2.05, 4.69) is 20.7 Å². The number of aromatic nitrogens is 3. The van der Waals surface area contributed by atoms with Crippen LogP contribution in [0.2, 0.25) is 5.02 Å². The molecule has 2 N–H and O–H groups in total. The predicted octanol–water partition coefficient (Wildman–Crippen LogP) is 5.00. The van der Waals surface area contributed by atoms with Gasteiger partial charge in [-0.05, 0) is 55.8 Å². The van der Waals surface area contributed by atoms with Crippen LogP contribution in [0, 0.1) is 13.8 Å². The number of aryl methyl sites for hydroxylation is 2. The van der Waals surface area contributed by atoms with Gasteiger partial charge < -0.3 is 19.5 Å². The van der Waals surface area contributed by atoms with Gasteiger partial charge in [-0.25, -0.2) is 0 Å². The van der Waals surface area contributed by atoms with E-state index >= 15 is 0 Å². The maximum absolute atomic E-state index is 13.6. The van der Waals surface area contributed by atoms with E-state index in [9.17, 15) is 9.59 Å². The van der Waals surface area contributed by atoms with Gasteiger partial charge in [0.25, 0.3) is 5.91 Å². The van der Waals surface area contributed by atoms with Crippen molar-refractivity contribution in [2.24, 2.45) is 0 Å². The van der Waals surface area contributed by atoms with Crippen LogP contribution < -0.4 is 10.1 Å². The van der Waals surface area contributed by atoms with Crippen molar-refractivity contribution >= 4 is 29.1 Å². The minimum Gasteiger partial charge on any atom is -0.457 e. The lowest BCUT2D eigenvalue weighted by Crippen LogP contribution is -2.45. The third-order valence-electron chi connectivity index (χ3n) is 6.63. The Morgan fingerprint density at radius 2 is 1.95 bits per heavy atom. The molecule has 2 aromatic carbocycles. The summed E-state index contributed by atoms with van der Waals surface area (Å²) in [6.07, 6.45) is 1.72. The fourth-order valence-electron chi connectivity index (χ4n) is 4.95. The number of hydrogen-bond donors (Lipinski definition) is 2. The summed E-state index contributed by atoms with van der Waals surface area (Å²) in [5, 5.41) is 15.0. The molecular formula is C27H22ClN5O4. The fourth-order valence-corrected chi connectivity index (χ4v) is 5.08. The summed E-state index contributed by atoms with van der Waals surface area (Å²) in [6.45, 7) is 3.59. The number of carbonyl (C=O) groups is 2. The molecule has 1 unspecified atom stereocenters. The second-order valence-electron chi connectivity index (χ2n) is 9.06. The highest BCUT2D eigenvalue weighted by molar-refractivity contribution is 6.30. The van der Waals surface area contributed by atoms with Gasteiger partial charge in [0.15, 0.2) is 5.78 Å². The molecule has 0 aliphatic carbocycles. The van der Waals surface area contributed by atoms with E-state index in [1.807, 2.05) is 24.3 Å². The number of nitrogens with one attached hydrogen (secondary N) is 2. The Bertz CT molecular complexity index is 1550. The van der Waals surface area contributed by atoms with Gasteiger partial charge in [-0.3, -0.25) is 14.7 Å². The number of hydrogen-bond acceptors (Lipinski definition) is 7. The highest BCUT2D eigenvalue weighted by Crippen LogP contribution is 2.43. The van der Waals surface area contributed by atoms with E-state index in [0.29, 0.717) is 50.6 Å². The van der Waals surface area contributed by atoms with Crippen molar-refractivity contribution in [2.75, 3.05) is 18.4 Å². The molecule has 0 fully saturated rings. The summed E-state index contributed by atoms with van der Waals surface area (Å²) in [4.78, 5) is 28.4. The standard InChI is InChI=1S/C27H22ClN5O4/c1-14-23(15(2)37-32-14)27(35)33-12-21-25(22(34)13-33)24(20-11-29-31-26(20)30-21)16-4-3-5-19(10-16)36-18-8-6-17(28)7-9-18/h3-11,24H,12-13H2,1-2H3,(H2,29,30,31). The van der Waals surface area contributed by atoms with Gasteiger partial charge in [0.05, 0.1) is 25.0 Å². The number of H-pyrrole nitrogens is 1. The number of aromatic amines is 1. The lowest BCUT2D eigenvalue weighted by Gasteiger charge is -2.36. The average molecular weight is 516 g/mol. The fraction of sp³-hybridized carbons (Fsp3) is 0.185. The van der Waals surface area contributed by atoms with Crippen molar-refractivity contribution < 1.29 is 18.8 Å². The number of carbonyl (C=O) groups excluding carboxylic acids is 2. The summed E-state index contributed by atoms with van der Waals surface area (Å²) in [6, 6.07) is 14.7.